The number of fused-ring (bicyclic) bond motifs is 1. The van der Waals surface area contributed by atoms with Crippen LogP contribution in [0.15, 0.2) is 0 Å². The van der Waals surface area contributed by atoms with Crippen LogP contribution in [0.4, 0.5) is 0 Å². The molecular formula is C14H28N2. The maximum Gasteiger partial charge on any atom is 0.00476 e. The minimum absolute atomic E-state index is 0.355. The fraction of sp³-hybridized carbons (Fsp3) is 1.00. The Labute approximate surface area is 101 Å². The number of rotatable bonds is 5. The second kappa shape index (κ2) is 5.05. The molecule has 16 heavy (non-hydrogen) atoms. The van der Waals surface area contributed by atoms with Crippen LogP contribution in [0.25, 0.3) is 0 Å². The van der Waals surface area contributed by atoms with Crippen LogP contribution in [0.3, 0.4) is 0 Å². The van der Waals surface area contributed by atoms with Crippen molar-refractivity contribution in [3.8, 4) is 0 Å². The first-order chi connectivity index (χ1) is 7.67. The first-order valence-electron chi connectivity index (χ1n) is 7.09. The van der Waals surface area contributed by atoms with Crippen molar-refractivity contribution in [1.29, 1.82) is 0 Å². The topological polar surface area (TPSA) is 29.3 Å². The Morgan fingerprint density at radius 2 is 1.88 bits per heavy atom. The Bertz CT molecular complexity index is 217. The van der Waals surface area contributed by atoms with E-state index < -0.39 is 0 Å². The van der Waals surface area contributed by atoms with Crippen molar-refractivity contribution in [2.75, 3.05) is 26.2 Å². The average molecular weight is 224 g/mol. The van der Waals surface area contributed by atoms with Crippen LogP contribution in [-0.4, -0.2) is 31.1 Å². The molecule has 0 bridgehead atoms. The lowest BCUT2D eigenvalue weighted by Gasteiger charge is -2.33. The molecular weight excluding hydrogens is 196 g/mol. The maximum absolute atomic E-state index is 5.96. The third-order valence-corrected chi connectivity index (χ3v) is 4.75. The molecule has 0 aromatic rings. The van der Waals surface area contributed by atoms with Crippen LogP contribution < -0.4 is 5.73 Å². The Balaban J connectivity index is 1.85. The number of hydrogen-bond donors (Lipinski definition) is 1. The average Bonchev–Trinajstić information content (AvgIpc) is 2.78. The van der Waals surface area contributed by atoms with E-state index in [1.54, 1.807) is 0 Å². The van der Waals surface area contributed by atoms with E-state index in [1.807, 2.05) is 0 Å². The number of nitrogens with zero attached hydrogens (tertiary/aromatic N) is 1. The van der Waals surface area contributed by atoms with Crippen LogP contribution >= 0.6 is 0 Å². The van der Waals surface area contributed by atoms with Gasteiger partial charge in [-0.25, -0.2) is 0 Å². The highest BCUT2D eigenvalue weighted by atomic mass is 15.2. The third-order valence-electron chi connectivity index (χ3n) is 4.75. The number of likely N-dealkylation sites (tertiary alicyclic amines) is 1. The summed E-state index contributed by atoms with van der Waals surface area (Å²) in [5.74, 6) is 2.03. The molecule has 2 nitrogen and oxygen atoms in total. The molecule has 0 radical (unpaired) electrons. The van der Waals surface area contributed by atoms with E-state index in [0.717, 1.165) is 18.4 Å². The highest BCUT2D eigenvalue weighted by Gasteiger charge is 2.38. The minimum atomic E-state index is 0.355. The van der Waals surface area contributed by atoms with Crippen molar-refractivity contribution >= 4 is 0 Å². The molecule has 2 heteroatoms. The molecule has 2 rings (SSSR count). The Morgan fingerprint density at radius 3 is 2.38 bits per heavy atom. The predicted octanol–water partition coefficient (Wildman–Crippen LogP) is 2.48. The van der Waals surface area contributed by atoms with Crippen LogP contribution in [-0.2, 0) is 0 Å². The molecule has 3 unspecified atom stereocenters. The second-order valence-electron chi connectivity index (χ2n) is 6.41. The second-order valence-corrected chi connectivity index (χ2v) is 6.41. The first kappa shape index (κ1) is 12.4. The van der Waals surface area contributed by atoms with Crippen molar-refractivity contribution < 1.29 is 0 Å². The van der Waals surface area contributed by atoms with E-state index >= 15 is 0 Å². The van der Waals surface area contributed by atoms with Crippen LogP contribution in [0.5, 0.6) is 0 Å². The number of nitrogens with two attached hydrogens (primary N) is 1. The van der Waals surface area contributed by atoms with Gasteiger partial charge in [0.2, 0.25) is 0 Å². The van der Waals surface area contributed by atoms with Crippen LogP contribution in [0.1, 0.15) is 46.0 Å². The van der Waals surface area contributed by atoms with Crippen molar-refractivity contribution in [2.24, 2.45) is 23.0 Å². The summed E-state index contributed by atoms with van der Waals surface area (Å²) >= 11 is 0. The first-order valence-corrected chi connectivity index (χ1v) is 7.09. The highest BCUT2D eigenvalue weighted by Crippen LogP contribution is 2.39. The van der Waals surface area contributed by atoms with Crippen molar-refractivity contribution in [2.45, 2.75) is 46.0 Å². The molecule has 2 aliphatic rings. The van der Waals surface area contributed by atoms with Gasteiger partial charge >= 0.3 is 0 Å². The molecule has 1 aliphatic heterocycles. The van der Waals surface area contributed by atoms with E-state index in [2.05, 4.69) is 18.7 Å². The van der Waals surface area contributed by atoms with Crippen molar-refractivity contribution in [1.82, 2.24) is 4.90 Å². The van der Waals surface area contributed by atoms with Gasteiger partial charge in [0.25, 0.3) is 0 Å². The van der Waals surface area contributed by atoms with Gasteiger partial charge < -0.3 is 10.6 Å². The quantitative estimate of drug-likeness (QED) is 0.777. The monoisotopic (exact) mass is 224 g/mol. The Kier molecular flexibility index (Phi) is 3.91. The van der Waals surface area contributed by atoms with E-state index in [0.29, 0.717) is 5.41 Å². The normalized spacial score (nSPS) is 33.9. The SMILES string of the molecule is CCCC(C)(CN)CN1CC2CCCC2C1. The van der Waals surface area contributed by atoms with Gasteiger partial charge in [-0.1, -0.05) is 26.7 Å². The van der Waals surface area contributed by atoms with Gasteiger partial charge in [0.05, 0.1) is 0 Å². The largest absolute Gasteiger partial charge is 0.330 e. The van der Waals surface area contributed by atoms with Gasteiger partial charge in [0.15, 0.2) is 0 Å². The Morgan fingerprint density at radius 1 is 1.25 bits per heavy atom. The molecule has 94 valence electrons. The lowest BCUT2D eigenvalue weighted by molar-refractivity contribution is 0.175. The summed E-state index contributed by atoms with van der Waals surface area (Å²) in [4.78, 5) is 2.69. The lowest BCUT2D eigenvalue weighted by Crippen LogP contribution is -2.40. The van der Waals surface area contributed by atoms with E-state index in [-0.39, 0.29) is 0 Å². The molecule has 1 saturated carbocycles. The smallest absolute Gasteiger partial charge is 0.00476 e. The highest BCUT2D eigenvalue weighted by molar-refractivity contribution is 4.91. The van der Waals surface area contributed by atoms with Gasteiger partial charge in [-0.3, -0.25) is 0 Å². The van der Waals surface area contributed by atoms with Gasteiger partial charge in [-0.15, -0.1) is 0 Å². The summed E-state index contributed by atoms with van der Waals surface area (Å²) in [7, 11) is 0. The fourth-order valence-electron chi connectivity index (χ4n) is 3.85. The van der Waals surface area contributed by atoms with E-state index in [9.17, 15) is 0 Å². The van der Waals surface area contributed by atoms with Crippen molar-refractivity contribution in [3.63, 3.8) is 0 Å². The standard InChI is InChI=1S/C14H28N2/c1-3-7-14(2,10-15)11-16-8-12-5-4-6-13(12)9-16/h12-13H,3-11,15H2,1-2H3. The summed E-state index contributed by atoms with van der Waals surface area (Å²) in [6.45, 7) is 9.40. The fourth-order valence-corrected chi connectivity index (χ4v) is 3.85. The number of hydrogen-bond acceptors (Lipinski definition) is 2. The molecule has 2 N–H and O–H groups in total. The molecule has 2 fully saturated rings. The molecule has 0 aromatic heterocycles. The summed E-state index contributed by atoms with van der Waals surface area (Å²) in [5, 5.41) is 0. The predicted molar refractivity (Wildman–Crippen MR) is 69.3 cm³/mol. The summed E-state index contributed by atoms with van der Waals surface area (Å²) < 4.78 is 0. The molecule has 0 aromatic carbocycles. The van der Waals surface area contributed by atoms with E-state index in [4.69, 9.17) is 5.73 Å². The van der Waals surface area contributed by atoms with Crippen molar-refractivity contribution in [3.05, 3.63) is 0 Å². The summed E-state index contributed by atoms with van der Waals surface area (Å²) in [6.07, 6.45) is 6.97. The molecule has 0 amide bonds. The summed E-state index contributed by atoms with van der Waals surface area (Å²) in [5.41, 5.74) is 6.31. The molecule has 1 heterocycles. The molecule has 0 spiro atoms. The maximum atomic E-state index is 5.96. The van der Waals surface area contributed by atoms with Gasteiger partial charge in [-0.2, -0.15) is 0 Å². The van der Waals surface area contributed by atoms with Gasteiger partial charge in [-0.05, 0) is 43.1 Å². The van der Waals surface area contributed by atoms with E-state index in [1.165, 1.54) is 51.7 Å². The van der Waals surface area contributed by atoms with Gasteiger partial charge in [0, 0.05) is 19.6 Å². The van der Waals surface area contributed by atoms with Crippen LogP contribution in [0.2, 0.25) is 0 Å². The van der Waals surface area contributed by atoms with Gasteiger partial charge in [0.1, 0.15) is 0 Å². The van der Waals surface area contributed by atoms with Crippen LogP contribution in [0, 0.1) is 17.3 Å². The molecule has 3 atom stereocenters. The molecule has 1 saturated heterocycles. The lowest BCUT2D eigenvalue weighted by atomic mass is 9.85. The third kappa shape index (κ3) is 2.60. The zero-order valence-corrected chi connectivity index (χ0v) is 11.0. The summed E-state index contributed by atoms with van der Waals surface area (Å²) in [6, 6.07) is 0. The molecule has 1 aliphatic carbocycles. The zero-order valence-electron chi connectivity index (χ0n) is 11.0. The Hall–Kier alpha value is -0.0800. The minimum Gasteiger partial charge on any atom is -0.330 e. The zero-order chi connectivity index (χ0) is 11.6.